The molecule has 9 heteroatoms. The third-order valence-electron chi connectivity index (χ3n) is 2.90. The number of hydrogen-bond acceptors (Lipinski definition) is 7. The highest BCUT2D eigenvalue weighted by Gasteiger charge is 2.22. The Morgan fingerprint density at radius 2 is 1.95 bits per heavy atom. The molecule has 2 heterocycles. The molecule has 0 fully saturated rings. The first-order valence-corrected chi connectivity index (χ1v) is 6.22. The summed E-state index contributed by atoms with van der Waals surface area (Å²) in [5, 5.41) is 29.7. The van der Waals surface area contributed by atoms with Crippen LogP contribution in [0.15, 0.2) is 23.0 Å². The summed E-state index contributed by atoms with van der Waals surface area (Å²) in [6.45, 7) is -0.335. The number of aromatic nitrogens is 2. The van der Waals surface area contributed by atoms with E-state index in [2.05, 4.69) is 9.97 Å². The van der Waals surface area contributed by atoms with Crippen LogP contribution in [0.1, 0.15) is 0 Å². The van der Waals surface area contributed by atoms with E-state index >= 15 is 0 Å². The zero-order valence-corrected chi connectivity index (χ0v) is 11.0. The second-order valence-electron chi connectivity index (χ2n) is 4.28. The van der Waals surface area contributed by atoms with Crippen LogP contribution in [0.2, 0.25) is 0 Å². The van der Waals surface area contributed by atoms with Crippen molar-refractivity contribution in [3.8, 4) is 0 Å². The lowest BCUT2D eigenvalue weighted by Gasteiger charge is -2.21. The molecule has 0 aliphatic carbocycles. The van der Waals surface area contributed by atoms with E-state index in [1.54, 1.807) is 0 Å². The van der Waals surface area contributed by atoms with Gasteiger partial charge in [0.05, 0.1) is 18.1 Å². The highest BCUT2D eigenvalue weighted by Crippen LogP contribution is 2.28. The molecule has 0 aliphatic rings. The molecule has 0 aliphatic heterocycles. The van der Waals surface area contributed by atoms with Gasteiger partial charge in [0.2, 0.25) is 11.4 Å². The van der Waals surface area contributed by atoms with Gasteiger partial charge >= 0.3 is 5.69 Å². The molecule has 2 rings (SSSR count). The third-order valence-corrected chi connectivity index (χ3v) is 2.90. The zero-order chi connectivity index (χ0) is 15.4. The number of hydrogen-bond donors (Lipinski definition) is 3. The second-order valence-corrected chi connectivity index (χ2v) is 4.28. The van der Waals surface area contributed by atoms with Crippen LogP contribution in [-0.2, 0) is 0 Å². The smallest absolute Gasteiger partial charge is 0.312 e. The first kappa shape index (κ1) is 14.9. The third kappa shape index (κ3) is 3.15. The maximum Gasteiger partial charge on any atom is 0.312 e. The van der Waals surface area contributed by atoms with Crippen LogP contribution in [0.3, 0.4) is 0 Å². The maximum absolute atomic E-state index is 11.3. The van der Waals surface area contributed by atoms with Crippen molar-refractivity contribution in [2.45, 2.75) is 0 Å². The molecular weight excluding hydrogens is 280 g/mol. The van der Waals surface area contributed by atoms with Crippen molar-refractivity contribution in [3.63, 3.8) is 0 Å². The standard InChI is InChI=1S/C12H14N4O5/c17-5-3-15(4-6-18)12-9(16(20)21)7-8-1-2-10(19)13-11(8)14-12/h1-2,7,17-18H,3-6H2,(H,13,14,19). The molecule has 0 saturated carbocycles. The van der Waals surface area contributed by atoms with E-state index in [0.717, 1.165) is 0 Å². The zero-order valence-electron chi connectivity index (χ0n) is 11.0. The van der Waals surface area contributed by atoms with Crippen molar-refractivity contribution >= 4 is 22.5 Å². The fourth-order valence-corrected chi connectivity index (χ4v) is 1.99. The van der Waals surface area contributed by atoms with Crippen LogP contribution >= 0.6 is 0 Å². The summed E-state index contributed by atoms with van der Waals surface area (Å²) < 4.78 is 0. The number of nitrogens with zero attached hydrogens (tertiary/aromatic N) is 3. The van der Waals surface area contributed by atoms with Gasteiger partial charge in [-0.25, -0.2) is 4.98 Å². The highest BCUT2D eigenvalue weighted by molar-refractivity contribution is 5.81. The minimum Gasteiger partial charge on any atom is -0.395 e. The fourth-order valence-electron chi connectivity index (χ4n) is 1.99. The molecule has 3 N–H and O–H groups in total. The number of aromatic amines is 1. The van der Waals surface area contributed by atoms with E-state index in [1.807, 2.05) is 0 Å². The number of nitro groups is 1. The monoisotopic (exact) mass is 294 g/mol. The lowest BCUT2D eigenvalue weighted by molar-refractivity contribution is -0.384. The van der Waals surface area contributed by atoms with Gasteiger partial charge in [-0.05, 0) is 6.07 Å². The van der Waals surface area contributed by atoms with E-state index in [4.69, 9.17) is 10.2 Å². The Morgan fingerprint density at radius 1 is 1.29 bits per heavy atom. The van der Waals surface area contributed by atoms with Crippen LogP contribution in [0, 0.1) is 10.1 Å². The molecule has 0 atom stereocenters. The van der Waals surface area contributed by atoms with Crippen LogP contribution in [0.5, 0.6) is 0 Å². The van der Waals surface area contributed by atoms with E-state index in [9.17, 15) is 14.9 Å². The van der Waals surface area contributed by atoms with Crippen molar-refractivity contribution in [3.05, 3.63) is 38.7 Å². The average Bonchev–Trinajstić information content (AvgIpc) is 2.45. The van der Waals surface area contributed by atoms with Gasteiger partial charge in [0.1, 0.15) is 5.65 Å². The van der Waals surface area contributed by atoms with Crippen molar-refractivity contribution in [2.75, 3.05) is 31.2 Å². The Morgan fingerprint density at radius 3 is 2.52 bits per heavy atom. The van der Waals surface area contributed by atoms with Gasteiger partial charge in [0, 0.05) is 30.6 Å². The van der Waals surface area contributed by atoms with E-state index in [1.165, 1.54) is 23.1 Å². The van der Waals surface area contributed by atoms with Gasteiger partial charge in [-0.15, -0.1) is 0 Å². The molecule has 9 nitrogen and oxygen atoms in total. The number of anilines is 1. The molecule has 0 spiro atoms. The summed E-state index contributed by atoms with van der Waals surface area (Å²) in [7, 11) is 0. The van der Waals surface area contributed by atoms with Crippen molar-refractivity contribution < 1.29 is 15.1 Å². The largest absolute Gasteiger partial charge is 0.395 e. The molecule has 0 radical (unpaired) electrons. The Kier molecular flexibility index (Phi) is 4.45. The Labute approximate surface area is 118 Å². The maximum atomic E-state index is 11.3. The molecule has 2 aromatic heterocycles. The lowest BCUT2D eigenvalue weighted by atomic mass is 10.2. The van der Waals surface area contributed by atoms with Gasteiger partial charge in [0.15, 0.2) is 0 Å². The molecule has 21 heavy (non-hydrogen) atoms. The second kappa shape index (κ2) is 6.29. The predicted molar refractivity (Wildman–Crippen MR) is 75.4 cm³/mol. The quantitative estimate of drug-likeness (QED) is 0.488. The molecule has 0 saturated heterocycles. The highest BCUT2D eigenvalue weighted by atomic mass is 16.6. The van der Waals surface area contributed by atoms with Gasteiger partial charge in [-0.3, -0.25) is 14.9 Å². The molecular formula is C12H14N4O5. The molecule has 2 aromatic rings. The lowest BCUT2D eigenvalue weighted by Crippen LogP contribution is -2.31. The topological polar surface area (TPSA) is 133 Å². The van der Waals surface area contributed by atoms with Crippen LogP contribution < -0.4 is 10.5 Å². The van der Waals surface area contributed by atoms with Crippen LogP contribution in [0.4, 0.5) is 11.5 Å². The van der Waals surface area contributed by atoms with Gasteiger partial charge in [-0.2, -0.15) is 0 Å². The number of aliphatic hydroxyl groups excluding tert-OH is 2. The van der Waals surface area contributed by atoms with Crippen molar-refractivity contribution in [2.24, 2.45) is 0 Å². The summed E-state index contributed by atoms with van der Waals surface area (Å²) in [6, 6.07) is 4.00. The molecule has 0 amide bonds. The summed E-state index contributed by atoms with van der Waals surface area (Å²) in [5.41, 5.74) is -0.411. The summed E-state index contributed by atoms with van der Waals surface area (Å²) in [5.74, 6) is -0.00236. The summed E-state index contributed by atoms with van der Waals surface area (Å²) in [4.78, 5) is 29.9. The van der Waals surface area contributed by atoms with Crippen molar-refractivity contribution in [1.82, 2.24) is 9.97 Å². The number of aliphatic hydroxyl groups is 2. The first-order chi connectivity index (χ1) is 10.1. The number of pyridine rings is 2. The average molecular weight is 294 g/mol. The Bertz CT molecular complexity index is 708. The summed E-state index contributed by atoms with van der Waals surface area (Å²) in [6.07, 6.45) is 0. The molecule has 112 valence electrons. The first-order valence-electron chi connectivity index (χ1n) is 6.22. The summed E-state index contributed by atoms with van der Waals surface area (Å²) >= 11 is 0. The number of H-pyrrole nitrogens is 1. The van der Waals surface area contributed by atoms with Gasteiger partial charge in [0.25, 0.3) is 0 Å². The number of rotatable bonds is 6. The SMILES string of the molecule is O=c1ccc2cc([N+](=O)[O-])c(N(CCO)CCO)nc2[nH]1. The van der Waals surface area contributed by atoms with Gasteiger partial charge < -0.3 is 20.1 Å². The van der Waals surface area contributed by atoms with Crippen LogP contribution in [-0.4, -0.2) is 51.4 Å². The van der Waals surface area contributed by atoms with E-state index in [0.29, 0.717) is 5.39 Å². The molecule has 0 bridgehead atoms. The Hall–Kier alpha value is -2.52. The van der Waals surface area contributed by atoms with E-state index in [-0.39, 0.29) is 49.0 Å². The van der Waals surface area contributed by atoms with Crippen molar-refractivity contribution in [1.29, 1.82) is 0 Å². The molecule has 0 aromatic carbocycles. The number of nitrogens with one attached hydrogen (secondary N) is 1. The molecule has 0 unspecified atom stereocenters. The predicted octanol–water partition coefficient (Wildman–Crippen LogP) is -0.378. The van der Waals surface area contributed by atoms with Crippen LogP contribution in [0.25, 0.3) is 11.0 Å². The minimum absolute atomic E-state index is 0.00236. The number of fused-ring (bicyclic) bond motifs is 1. The minimum atomic E-state index is -0.589. The normalized spacial score (nSPS) is 10.8. The van der Waals surface area contributed by atoms with Gasteiger partial charge in [-0.1, -0.05) is 0 Å². The van der Waals surface area contributed by atoms with E-state index < -0.39 is 4.92 Å². The fraction of sp³-hybridized carbons (Fsp3) is 0.333. The Balaban J connectivity index is 2.64.